The molecule has 112 valence electrons. The van der Waals surface area contributed by atoms with Crippen LogP contribution in [0.1, 0.15) is 48.8 Å². The Balaban J connectivity index is 2.70. The maximum absolute atomic E-state index is 6.74. The third kappa shape index (κ3) is 2.44. The van der Waals surface area contributed by atoms with E-state index in [1.165, 1.54) is 24.8 Å². The molecule has 0 bridgehead atoms. The molecule has 2 rings (SSSR count). The van der Waals surface area contributed by atoms with Crippen LogP contribution in [-0.2, 0) is 5.54 Å². The molecule has 0 saturated heterocycles. The summed E-state index contributed by atoms with van der Waals surface area (Å²) < 4.78 is 12.3. The maximum Gasteiger partial charge on any atom is 0.166 e. The van der Waals surface area contributed by atoms with Gasteiger partial charge in [0.25, 0.3) is 0 Å². The van der Waals surface area contributed by atoms with Crippen molar-refractivity contribution in [2.75, 3.05) is 14.2 Å². The topological polar surface area (TPSA) is 44.5 Å². The predicted octanol–water partition coefficient (Wildman–Crippen LogP) is 4.20. The zero-order valence-electron chi connectivity index (χ0n) is 12.8. The molecule has 0 spiro atoms. The molecule has 1 fully saturated rings. The Kier molecular flexibility index (Phi) is 4.65. The number of nitrogens with two attached hydrogens (primary N) is 1. The summed E-state index contributed by atoms with van der Waals surface area (Å²) in [6, 6.07) is 0. The van der Waals surface area contributed by atoms with Crippen LogP contribution >= 0.6 is 15.9 Å². The van der Waals surface area contributed by atoms with Crippen molar-refractivity contribution in [2.24, 2.45) is 5.73 Å². The van der Waals surface area contributed by atoms with E-state index >= 15 is 0 Å². The molecule has 0 unspecified atom stereocenters. The molecule has 2 N–H and O–H groups in total. The molecule has 1 saturated carbocycles. The van der Waals surface area contributed by atoms with Gasteiger partial charge in [-0.1, -0.05) is 35.2 Å². The molecular weight excluding hydrogens is 318 g/mol. The summed E-state index contributed by atoms with van der Waals surface area (Å²) in [6.45, 7) is 4.14. The Morgan fingerprint density at radius 1 is 0.950 bits per heavy atom. The van der Waals surface area contributed by atoms with Crippen LogP contribution < -0.4 is 15.2 Å². The van der Waals surface area contributed by atoms with E-state index in [4.69, 9.17) is 15.2 Å². The first-order chi connectivity index (χ1) is 9.46. The number of hydrogen-bond donors (Lipinski definition) is 1. The van der Waals surface area contributed by atoms with E-state index in [0.29, 0.717) is 0 Å². The number of methoxy groups -OCH3 is 2. The van der Waals surface area contributed by atoms with Gasteiger partial charge in [0.15, 0.2) is 11.5 Å². The molecule has 1 aliphatic rings. The van der Waals surface area contributed by atoms with E-state index in [2.05, 4.69) is 22.9 Å². The molecule has 0 amide bonds. The van der Waals surface area contributed by atoms with Gasteiger partial charge in [-0.3, -0.25) is 0 Å². The third-order valence-corrected chi connectivity index (χ3v) is 5.65. The van der Waals surface area contributed by atoms with Gasteiger partial charge in [-0.2, -0.15) is 0 Å². The van der Waals surface area contributed by atoms with Crippen LogP contribution in [0.3, 0.4) is 0 Å². The van der Waals surface area contributed by atoms with Crippen molar-refractivity contribution in [3.8, 4) is 11.5 Å². The molecule has 0 atom stereocenters. The molecule has 0 radical (unpaired) electrons. The van der Waals surface area contributed by atoms with Gasteiger partial charge in [0.2, 0.25) is 0 Å². The fourth-order valence-electron chi connectivity index (χ4n) is 3.42. The summed E-state index contributed by atoms with van der Waals surface area (Å²) in [7, 11) is 3.38. The number of rotatable bonds is 3. The van der Waals surface area contributed by atoms with Crippen LogP contribution in [0.5, 0.6) is 11.5 Å². The minimum Gasteiger partial charge on any atom is -0.493 e. The number of hydrogen-bond acceptors (Lipinski definition) is 3. The summed E-state index contributed by atoms with van der Waals surface area (Å²) in [4.78, 5) is 0. The summed E-state index contributed by atoms with van der Waals surface area (Å²) in [5.74, 6) is 1.59. The zero-order chi connectivity index (χ0) is 14.9. The molecule has 1 aromatic rings. The van der Waals surface area contributed by atoms with Gasteiger partial charge in [0.1, 0.15) is 0 Å². The van der Waals surface area contributed by atoms with Gasteiger partial charge in [-0.15, -0.1) is 0 Å². The normalized spacial score (nSPS) is 17.9. The minimum atomic E-state index is -0.308. The van der Waals surface area contributed by atoms with Crippen molar-refractivity contribution in [2.45, 2.75) is 51.5 Å². The van der Waals surface area contributed by atoms with E-state index < -0.39 is 0 Å². The highest BCUT2D eigenvalue weighted by molar-refractivity contribution is 9.10. The number of benzene rings is 1. The lowest BCUT2D eigenvalue weighted by atomic mass is 9.75. The van der Waals surface area contributed by atoms with E-state index in [9.17, 15) is 0 Å². The Hall–Kier alpha value is -0.740. The van der Waals surface area contributed by atoms with Crippen LogP contribution in [0.15, 0.2) is 4.47 Å². The van der Waals surface area contributed by atoms with Gasteiger partial charge < -0.3 is 15.2 Å². The summed E-state index contributed by atoms with van der Waals surface area (Å²) in [5.41, 5.74) is 9.77. The molecule has 0 aromatic heterocycles. The van der Waals surface area contributed by atoms with E-state index in [-0.39, 0.29) is 5.54 Å². The monoisotopic (exact) mass is 341 g/mol. The molecule has 20 heavy (non-hydrogen) atoms. The molecule has 4 heteroatoms. The van der Waals surface area contributed by atoms with Gasteiger partial charge in [0.05, 0.1) is 14.2 Å². The molecule has 3 nitrogen and oxygen atoms in total. The van der Waals surface area contributed by atoms with E-state index in [0.717, 1.165) is 39.9 Å². The Bertz CT molecular complexity index is 508. The van der Waals surface area contributed by atoms with Crippen LogP contribution in [-0.4, -0.2) is 14.2 Å². The van der Waals surface area contributed by atoms with E-state index in [1.54, 1.807) is 14.2 Å². The second-order valence-corrected chi connectivity index (χ2v) is 6.52. The Morgan fingerprint density at radius 3 is 2.00 bits per heavy atom. The average Bonchev–Trinajstić information content (AvgIpc) is 2.44. The first-order valence-electron chi connectivity index (χ1n) is 7.16. The zero-order valence-corrected chi connectivity index (χ0v) is 14.4. The smallest absolute Gasteiger partial charge is 0.166 e. The van der Waals surface area contributed by atoms with Gasteiger partial charge >= 0.3 is 0 Å². The Labute approximate surface area is 130 Å². The van der Waals surface area contributed by atoms with Gasteiger partial charge in [-0.05, 0) is 32.3 Å². The van der Waals surface area contributed by atoms with Crippen LogP contribution in [0.4, 0.5) is 0 Å². The van der Waals surface area contributed by atoms with Crippen molar-refractivity contribution >= 4 is 15.9 Å². The summed E-state index contributed by atoms with van der Waals surface area (Å²) in [5, 5.41) is 0. The molecular formula is C16H24BrNO2. The predicted molar refractivity (Wildman–Crippen MR) is 85.7 cm³/mol. The standard InChI is InChI=1S/C16H24BrNO2/c1-10-12(16(18)8-6-5-7-9-16)15(20-4)14(19-3)11(2)13(10)17/h5-9,18H2,1-4H3. The SMILES string of the molecule is COc1c(C)c(Br)c(C)c(C2(N)CCCCC2)c1OC. The second-order valence-electron chi connectivity index (χ2n) is 5.72. The van der Waals surface area contributed by atoms with Crippen molar-refractivity contribution in [1.82, 2.24) is 0 Å². The quantitative estimate of drug-likeness (QED) is 0.895. The molecule has 0 aliphatic heterocycles. The Morgan fingerprint density at radius 2 is 1.50 bits per heavy atom. The molecule has 1 aliphatic carbocycles. The summed E-state index contributed by atoms with van der Waals surface area (Å²) in [6.07, 6.45) is 5.62. The van der Waals surface area contributed by atoms with E-state index in [1.807, 2.05) is 6.92 Å². The molecule has 1 aromatic carbocycles. The van der Waals surface area contributed by atoms with Gasteiger partial charge in [0, 0.05) is 21.1 Å². The first kappa shape index (κ1) is 15.6. The lowest BCUT2D eigenvalue weighted by molar-refractivity contribution is 0.280. The van der Waals surface area contributed by atoms with Crippen LogP contribution in [0, 0.1) is 13.8 Å². The lowest BCUT2D eigenvalue weighted by Gasteiger charge is -2.37. The van der Waals surface area contributed by atoms with Crippen molar-refractivity contribution in [3.63, 3.8) is 0 Å². The number of ether oxygens (including phenoxy) is 2. The largest absolute Gasteiger partial charge is 0.493 e. The van der Waals surface area contributed by atoms with Crippen molar-refractivity contribution < 1.29 is 9.47 Å². The van der Waals surface area contributed by atoms with Crippen LogP contribution in [0.2, 0.25) is 0 Å². The highest BCUT2D eigenvalue weighted by Crippen LogP contribution is 2.49. The van der Waals surface area contributed by atoms with Crippen LogP contribution in [0.25, 0.3) is 0 Å². The lowest BCUT2D eigenvalue weighted by Crippen LogP contribution is -2.39. The fourth-order valence-corrected chi connectivity index (χ4v) is 3.80. The average molecular weight is 342 g/mol. The molecule has 0 heterocycles. The highest BCUT2D eigenvalue weighted by atomic mass is 79.9. The minimum absolute atomic E-state index is 0.308. The summed E-state index contributed by atoms with van der Waals surface area (Å²) >= 11 is 3.68. The first-order valence-corrected chi connectivity index (χ1v) is 7.95. The second kappa shape index (κ2) is 5.94. The van der Waals surface area contributed by atoms with Gasteiger partial charge in [-0.25, -0.2) is 0 Å². The van der Waals surface area contributed by atoms with Crippen molar-refractivity contribution in [1.29, 1.82) is 0 Å². The number of halogens is 1. The highest BCUT2D eigenvalue weighted by Gasteiger charge is 2.36. The van der Waals surface area contributed by atoms with Crippen molar-refractivity contribution in [3.05, 3.63) is 21.2 Å². The maximum atomic E-state index is 6.74. The fraction of sp³-hybridized carbons (Fsp3) is 0.625. The third-order valence-electron chi connectivity index (χ3n) is 4.46.